The average molecular weight is 818 g/mol. The number of nitrogens with zero attached hydrogens (tertiary/aromatic N) is 1. The molecule has 0 radical (unpaired) electrons. The number of benzene rings is 2. The van der Waals surface area contributed by atoms with E-state index < -0.39 is 26.5 Å². The number of hydrogen-bond acceptors (Lipinski definition) is 7. The van der Waals surface area contributed by atoms with E-state index in [1.54, 1.807) is 0 Å². The lowest BCUT2D eigenvalue weighted by atomic mass is 9.79. The first kappa shape index (κ1) is 47.0. The zero-order valence-electron chi connectivity index (χ0n) is 36.3. The van der Waals surface area contributed by atoms with Crippen molar-refractivity contribution in [2.75, 3.05) is 5.75 Å². The Bertz CT molecular complexity index is 1610. The molecule has 3 rings (SSSR count). The van der Waals surface area contributed by atoms with Gasteiger partial charge in [-0.2, -0.15) is 0 Å². The molecule has 8 atom stereocenters. The van der Waals surface area contributed by atoms with Crippen molar-refractivity contribution < 1.29 is 22.0 Å². The Hall–Kier alpha value is -1.41. The van der Waals surface area contributed by atoms with E-state index in [4.69, 9.17) is 13.6 Å². The third-order valence-electron chi connectivity index (χ3n) is 12.6. The van der Waals surface area contributed by atoms with Gasteiger partial charge in [-0.25, -0.2) is 13.4 Å². The van der Waals surface area contributed by atoms with Crippen LogP contribution in [-0.4, -0.2) is 54.1 Å². The van der Waals surface area contributed by atoms with E-state index in [0.29, 0.717) is 6.61 Å². The summed E-state index contributed by atoms with van der Waals surface area (Å²) in [5.74, 6) is 0.906. The Balaban J connectivity index is 1.88. The van der Waals surface area contributed by atoms with Crippen LogP contribution >= 0.6 is 11.3 Å². The molecule has 6 nitrogen and oxygen atoms in total. The lowest BCUT2D eigenvalue weighted by molar-refractivity contribution is -0.0501. The van der Waals surface area contributed by atoms with Crippen molar-refractivity contribution >= 4 is 48.0 Å². The van der Waals surface area contributed by atoms with Crippen molar-refractivity contribution in [3.8, 4) is 0 Å². The van der Waals surface area contributed by atoms with E-state index >= 15 is 0 Å². The Morgan fingerprint density at radius 3 is 1.87 bits per heavy atom. The summed E-state index contributed by atoms with van der Waals surface area (Å²) in [5.41, 5.74) is 1.89. The molecule has 0 amide bonds. The topological polar surface area (TPSA) is 74.7 Å². The Morgan fingerprint density at radius 2 is 1.31 bits per heavy atom. The molecule has 0 saturated heterocycles. The molecule has 0 aliphatic carbocycles. The summed E-state index contributed by atoms with van der Waals surface area (Å²) in [6.45, 7) is 32.9. The van der Waals surface area contributed by atoms with Crippen molar-refractivity contribution in [3.05, 3.63) is 60.2 Å². The van der Waals surface area contributed by atoms with Crippen LogP contribution in [0.3, 0.4) is 0 Å². The fraction of sp³-hybridized carbons (Fsp3) is 0.705. The Morgan fingerprint density at radius 1 is 0.759 bits per heavy atom. The predicted octanol–water partition coefficient (Wildman–Crippen LogP) is 12.8. The molecule has 0 aliphatic heterocycles. The van der Waals surface area contributed by atoms with Gasteiger partial charge in [-0.15, -0.1) is 11.3 Å². The van der Waals surface area contributed by atoms with E-state index in [9.17, 15) is 8.42 Å². The minimum Gasteiger partial charge on any atom is -0.414 e. The number of thiazole rings is 1. The smallest absolute Gasteiger partial charge is 0.210 e. The van der Waals surface area contributed by atoms with Crippen molar-refractivity contribution in [3.63, 3.8) is 0 Å². The highest BCUT2D eigenvalue weighted by Crippen LogP contribution is 2.42. The lowest BCUT2D eigenvalue weighted by Gasteiger charge is -2.46. The van der Waals surface area contributed by atoms with Gasteiger partial charge in [-0.3, -0.25) is 0 Å². The normalized spacial score (nSPS) is 17.8. The molecule has 2 aromatic carbocycles. The van der Waals surface area contributed by atoms with Crippen molar-refractivity contribution in [1.29, 1.82) is 0 Å². The molecule has 0 unspecified atom stereocenters. The highest BCUT2D eigenvalue weighted by atomic mass is 32.2. The van der Waals surface area contributed by atoms with Gasteiger partial charge in [0.15, 0.2) is 16.6 Å². The predicted molar refractivity (Wildman–Crippen MR) is 236 cm³/mol. The van der Waals surface area contributed by atoms with Crippen LogP contribution in [0.5, 0.6) is 0 Å². The van der Waals surface area contributed by atoms with Crippen LogP contribution in [0.2, 0.25) is 36.3 Å². The molecule has 3 aromatic rings. The van der Waals surface area contributed by atoms with Gasteiger partial charge in [0.2, 0.25) is 14.2 Å². The first-order valence-electron chi connectivity index (χ1n) is 20.8. The summed E-state index contributed by atoms with van der Waals surface area (Å²) in [6.07, 6.45) is 2.83. The maximum absolute atomic E-state index is 13.6. The van der Waals surface area contributed by atoms with Gasteiger partial charge in [0.05, 0.1) is 34.8 Å². The van der Waals surface area contributed by atoms with Crippen LogP contribution in [0.15, 0.2) is 58.9 Å². The number of para-hydroxylation sites is 1. The second kappa shape index (κ2) is 20.3. The van der Waals surface area contributed by atoms with Crippen molar-refractivity contribution in [2.24, 2.45) is 29.6 Å². The first-order valence-corrected chi connectivity index (χ1v) is 28.7. The largest absolute Gasteiger partial charge is 0.414 e. The zero-order chi connectivity index (χ0) is 40.5. The van der Waals surface area contributed by atoms with E-state index in [1.807, 2.05) is 30.3 Å². The van der Waals surface area contributed by atoms with Crippen LogP contribution < -0.4 is 0 Å². The van der Waals surface area contributed by atoms with E-state index in [1.165, 1.54) is 11.3 Å². The molecular weight excluding hydrogens is 743 g/mol. The van der Waals surface area contributed by atoms with Gasteiger partial charge in [-0.1, -0.05) is 126 Å². The van der Waals surface area contributed by atoms with Crippen molar-refractivity contribution in [1.82, 2.24) is 4.98 Å². The summed E-state index contributed by atoms with van der Waals surface area (Å²) in [6, 6.07) is 21.4. The van der Waals surface area contributed by atoms with Gasteiger partial charge in [0.25, 0.3) is 0 Å². The van der Waals surface area contributed by atoms with Crippen molar-refractivity contribution in [2.45, 2.75) is 168 Å². The van der Waals surface area contributed by atoms with Gasteiger partial charge >= 0.3 is 0 Å². The van der Waals surface area contributed by atoms with Gasteiger partial charge < -0.3 is 13.6 Å². The second-order valence-corrected chi connectivity index (χ2v) is 30.7. The number of fused-ring (bicyclic) bond motifs is 1. The van der Waals surface area contributed by atoms with E-state index in [2.05, 4.69) is 125 Å². The highest BCUT2D eigenvalue weighted by Gasteiger charge is 2.44. The molecular formula is C44H75NO5S2Si2. The van der Waals surface area contributed by atoms with E-state index in [0.717, 1.165) is 53.2 Å². The number of aromatic nitrogens is 1. The molecule has 0 saturated carbocycles. The SMILES string of the molecule is CC[C@H](O[Si](CC)(CC)CC)[C@@H](C)[C@@H](O[Si](C)(C)C(C)(C)C)[C@H](C)C[C@@H](C)[C@@H](OCc1ccccc1)[C@H](C)C[C@@H](C)CS(=O)(=O)c1nc2ccccc2s1. The minimum atomic E-state index is -3.52. The third-order valence-corrected chi connectivity index (χ3v) is 25.2. The maximum atomic E-state index is 13.6. The van der Waals surface area contributed by atoms with Gasteiger partial charge in [0, 0.05) is 12.0 Å². The average Bonchev–Trinajstić information content (AvgIpc) is 3.57. The van der Waals surface area contributed by atoms with Crippen LogP contribution in [-0.2, 0) is 30.0 Å². The summed E-state index contributed by atoms with van der Waals surface area (Å²) in [5, 5.41) is 0.0886. The quantitative estimate of drug-likeness (QED) is 0.0887. The molecule has 306 valence electrons. The molecule has 0 spiro atoms. The maximum Gasteiger partial charge on any atom is 0.210 e. The van der Waals surface area contributed by atoms with Crippen LogP contribution in [0.1, 0.15) is 108 Å². The number of hydrogen-bond donors (Lipinski definition) is 0. The molecule has 10 heteroatoms. The standard InChI is InChI=1S/C44H75NO5S2Si2/c1-15-39(49-54(16-2,17-3)18-4)36(9)42(50-53(13,14)44(10,11)12)35(8)29-34(7)41(48-30-37-24-20-19-21-25-37)33(6)28-32(5)31-52(46,47)43-45-38-26-22-23-27-40(38)51-43/h19-27,32-36,39,41-42H,15-18,28-31H2,1-14H3/t32-,33-,34-,35-,36-,39+,41+,42+/m1/s1. The summed E-state index contributed by atoms with van der Waals surface area (Å²) >= 11 is 1.27. The lowest BCUT2D eigenvalue weighted by Crippen LogP contribution is -2.51. The first-order chi connectivity index (χ1) is 25.2. The number of sulfone groups is 1. The minimum absolute atomic E-state index is 0.0531. The molecule has 0 aliphatic rings. The zero-order valence-corrected chi connectivity index (χ0v) is 39.9. The molecule has 0 fully saturated rings. The second-order valence-electron chi connectivity index (χ2n) is 18.0. The fourth-order valence-corrected chi connectivity index (χ4v) is 15.6. The third kappa shape index (κ3) is 12.5. The summed E-state index contributed by atoms with van der Waals surface area (Å²) < 4.78 is 49.9. The summed E-state index contributed by atoms with van der Waals surface area (Å²) in [4.78, 5) is 4.49. The Kier molecular flexibility index (Phi) is 17.7. The van der Waals surface area contributed by atoms with Crippen LogP contribution in [0, 0.1) is 29.6 Å². The monoisotopic (exact) mass is 817 g/mol. The molecule has 1 aromatic heterocycles. The molecule has 0 N–H and O–H groups in total. The van der Waals surface area contributed by atoms with Crippen LogP contribution in [0.25, 0.3) is 10.2 Å². The molecule has 54 heavy (non-hydrogen) atoms. The van der Waals surface area contributed by atoms with E-state index in [-0.39, 0.29) is 63.0 Å². The van der Waals surface area contributed by atoms with Gasteiger partial charge in [-0.05, 0) is 96.9 Å². The summed E-state index contributed by atoms with van der Waals surface area (Å²) in [7, 11) is -7.46. The fourth-order valence-electron chi connectivity index (χ4n) is 8.13. The molecule has 0 bridgehead atoms. The Labute approximate surface area is 336 Å². The highest BCUT2D eigenvalue weighted by molar-refractivity contribution is 7.93. The number of ether oxygens (including phenoxy) is 1. The van der Waals surface area contributed by atoms with Crippen LogP contribution in [0.4, 0.5) is 0 Å². The van der Waals surface area contributed by atoms with Gasteiger partial charge in [0.1, 0.15) is 0 Å². The number of rotatable bonds is 23. The molecule has 1 heterocycles.